The van der Waals surface area contributed by atoms with Crippen molar-refractivity contribution in [3.63, 3.8) is 0 Å². The number of amides is 1. The average molecular weight is 291 g/mol. The zero-order valence-corrected chi connectivity index (χ0v) is 12.5. The molecule has 1 amide bonds. The summed E-state index contributed by atoms with van der Waals surface area (Å²) in [6, 6.07) is 4.41. The molecule has 0 aliphatic carbocycles. The number of carbonyl (C=O) groups is 1. The third kappa shape index (κ3) is 3.51. The Labute approximate surface area is 124 Å². The van der Waals surface area contributed by atoms with Gasteiger partial charge in [0, 0.05) is 37.5 Å². The van der Waals surface area contributed by atoms with Gasteiger partial charge in [0.05, 0.1) is 10.5 Å². The van der Waals surface area contributed by atoms with Gasteiger partial charge in [-0.15, -0.1) is 0 Å². The van der Waals surface area contributed by atoms with Crippen LogP contribution in [0.3, 0.4) is 0 Å². The van der Waals surface area contributed by atoms with Gasteiger partial charge in [-0.2, -0.15) is 0 Å². The summed E-state index contributed by atoms with van der Waals surface area (Å²) in [5, 5.41) is 14.0. The molecule has 1 saturated heterocycles. The van der Waals surface area contributed by atoms with Gasteiger partial charge in [0.25, 0.3) is 11.6 Å². The van der Waals surface area contributed by atoms with Crippen LogP contribution in [-0.2, 0) is 0 Å². The number of benzene rings is 1. The molecular weight excluding hydrogens is 270 g/mol. The van der Waals surface area contributed by atoms with E-state index in [1.807, 2.05) is 6.92 Å². The van der Waals surface area contributed by atoms with Crippen molar-refractivity contribution in [3.8, 4) is 0 Å². The number of carbonyl (C=O) groups excluding carboxylic acids is 1. The van der Waals surface area contributed by atoms with Crippen LogP contribution in [0.15, 0.2) is 18.2 Å². The molecular formula is C15H21N3O3. The van der Waals surface area contributed by atoms with Gasteiger partial charge in [-0.25, -0.2) is 0 Å². The summed E-state index contributed by atoms with van der Waals surface area (Å²) in [7, 11) is 0. The van der Waals surface area contributed by atoms with E-state index in [-0.39, 0.29) is 11.6 Å². The molecule has 0 unspecified atom stereocenters. The maximum Gasteiger partial charge on any atom is 0.270 e. The van der Waals surface area contributed by atoms with Crippen molar-refractivity contribution in [2.24, 2.45) is 5.92 Å². The third-order valence-corrected chi connectivity index (χ3v) is 3.88. The normalized spacial score (nSPS) is 15.8. The summed E-state index contributed by atoms with van der Waals surface area (Å²) in [4.78, 5) is 24.9. The van der Waals surface area contributed by atoms with Gasteiger partial charge in [-0.05, 0) is 31.7 Å². The molecule has 2 rings (SSSR count). The van der Waals surface area contributed by atoms with Crippen molar-refractivity contribution in [3.05, 3.63) is 33.9 Å². The zero-order valence-electron chi connectivity index (χ0n) is 12.5. The fraction of sp³-hybridized carbons (Fsp3) is 0.533. The Morgan fingerprint density at radius 1 is 1.43 bits per heavy atom. The largest absolute Gasteiger partial charge is 0.385 e. The van der Waals surface area contributed by atoms with E-state index >= 15 is 0 Å². The minimum atomic E-state index is -0.467. The molecule has 1 aliphatic rings. The molecule has 21 heavy (non-hydrogen) atoms. The predicted molar refractivity (Wildman–Crippen MR) is 81.6 cm³/mol. The molecule has 0 bridgehead atoms. The summed E-state index contributed by atoms with van der Waals surface area (Å²) in [5.41, 5.74) is 0.998. The molecule has 1 aromatic rings. The van der Waals surface area contributed by atoms with E-state index in [1.165, 1.54) is 12.1 Å². The van der Waals surface area contributed by atoms with Crippen LogP contribution in [0.25, 0.3) is 0 Å². The van der Waals surface area contributed by atoms with Gasteiger partial charge in [-0.3, -0.25) is 14.9 Å². The smallest absolute Gasteiger partial charge is 0.270 e. The lowest BCUT2D eigenvalue weighted by Gasteiger charge is -2.30. The van der Waals surface area contributed by atoms with Crippen molar-refractivity contribution in [2.45, 2.75) is 26.7 Å². The second kappa shape index (κ2) is 6.56. The van der Waals surface area contributed by atoms with E-state index < -0.39 is 4.92 Å². The Hall–Kier alpha value is -2.11. The number of nitro benzene ring substituents is 1. The van der Waals surface area contributed by atoms with Gasteiger partial charge in [0.1, 0.15) is 0 Å². The number of anilines is 1. The van der Waals surface area contributed by atoms with Gasteiger partial charge in [0.15, 0.2) is 0 Å². The van der Waals surface area contributed by atoms with E-state index in [2.05, 4.69) is 12.2 Å². The van der Waals surface area contributed by atoms with E-state index in [0.717, 1.165) is 12.8 Å². The first-order chi connectivity index (χ1) is 10.0. The molecule has 0 aromatic heterocycles. The second-order valence-electron chi connectivity index (χ2n) is 5.49. The lowest BCUT2D eigenvalue weighted by molar-refractivity contribution is -0.384. The third-order valence-electron chi connectivity index (χ3n) is 3.88. The van der Waals surface area contributed by atoms with Crippen LogP contribution in [0.2, 0.25) is 0 Å². The average Bonchev–Trinajstić information content (AvgIpc) is 2.48. The number of hydrogen-bond donors (Lipinski definition) is 1. The van der Waals surface area contributed by atoms with Crippen molar-refractivity contribution in [2.75, 3.05) is 25.0 Å². The predicted octanol–water partition coefficient (Wildman–Crippen LogP) is 2.90. The van der Waals surface area contributed by atoms with Crippen LogP contribution < -0.4 is 5.32 Å². The van der Waals surface area contributed by atoms with Crippen LogP contribution in [0, 0.1) is 16.0 Å². The highest BCUT2D eigenvalue weighted by atomic mass is 16.6. The first-order valence-corrected chi connectivity index (χ1v) is 7.34. The van der Waals surface area contributed by atoms with Gasteiger partial charge < -0.3 is 10.2 Å². The number of non-ortho nitro benzene ring substituents is 1. The van der Waals surface area contributed by atoms with E-state index in [1.54, 1.807) is 11.0 Å². The molecule has 6 nitrogen and oxygen atoms in total. The first-order valence-electron chi connectivity index (χ1n) is 7.34. The van der Waals surface area contributed by atoms with E-state index in [4.69, 9.17) is 0 Å². The summed E-state index contributed by atoms with van der Waals surface area (Å²) in [6.45, 7) is 6.20. The Morgan fingerprint density at radius 3 is 2.67 bits per heavy atom. The van der Waals surface area contributed by atoms with Crippen LogP contribution in [0.5, 0.6) is 0 Å². The molecule has 1 heterocycles. The SMILES string of the molecule is CCNc1ccc([N+](=O)[O-])cc1C(=O)N1CCC(C)CC1. The minimum Gasteiger partial charge on any atom is -0.385 e. The van der Waals surface area contributed by atoms with Crippen molar-refractivity contribution >= 4 is 17.3 Å². The highest BCUT2D eigenvalue weighted by molar-refractivity contribution is 6.00. The number of rotatable bonds is 4. The van der Waals surface area contributed by atoms with E-state index in [9.17, 15) is 14.9 Å². The number of nitrogens with one attached hydrogen (secondary N) is 1. The molecule has 0 radical (unpaired) electrons. The van der Waals surface area contributed by atoms with Crippen molar-refractivity contribution in [1.29, 1.82) is 0 Å². The lowest BCUT2D eigenvalue weighted by Crippen LogP contribution is -2.38. The maximum atomic E-state index is 12.6. The number of hydrogen-bond acceptors (Lipinski definition) is 4. The highest BCUT2D eigenvalue weighted by Gasteiger charge is 2.24. The van der Waals surface area contributed by atoms with Crippen LogP contribution in [0.4, 0.5) is 11.4 Å². The summed E-state index contributed by atoms with van der Waals surface area (Å²) >= 11 is 0. The first kappa shape index (κ1) is 15.3. The van der Waals surface area contributed by atoms with Crippen LogP contribution in [-0.4, -0.2) is 35.4 Å². The second-order valence-corrected chi connectivity index (χ2v) is 5.49. The summed E-state index contributed by atoms with van der Waals surface area (Å²) in [5.74, 6) is 0.508. The van der Waals surface area contributed by atoms with Gasteiger partial charge >= 0.3 is 0 Å². The number of nitrogens with zero attached hydrogens (tertiary/aromatic N) is 2. The van der Waals surface area contributed by atoms with Crippen molar-refractivity contribution < 1.29 is 9.72 Å². The fourth-order valence-electron chi connectivity index (χ4n) is 2.55. The van der Waals surface area contributed by atoms with Crippen LogP contribution >= 0.6 is 0 Å². The Balaban J connectivity index is 2.28. The fourth-order valence-corrected chi connectivity index (χ4v) is 2.55. The molecule has 1 aromatic carbocycles. The summed E-state index contributed by atoms with van der Waals surface area (Å²) in [6.07, 6.45) is 1.97. The number of piperidine rings is 1. The quantitative estimate of drug-likeness (QED) is 0.683. The van der Waals surface area contributed by atoms with Crippen molar-refractivity contribution in [1.82, 2.24) is 4.90 Å². The molecule has 0 atom stereocenters. The highest BCUT2D eigenvalue weighted by Crippen LogP contribution is 2.25. The van der Waals surface area contributed by atoms with E-state index in [0.29, 0.717) is 36.8 Å². The number of likely N-dealkylation sites (tertiary alicyclic amines) is 1. The standard InChI is InChI=1S/C15H21N3O3/c1-3-16-14-5-4-12(18(20)21)10-13(14)15(19)17-8-6-11(2)7-9-17/h4-5,10-11,16H,3,6-9H2,1-2H3. The molecule has 1 fully saturated rings. The molecule has 0 spiro atoms. The molecule has 1 N–H and O–H groups in total. The Kier molecular flexibility index (Phi) is 4.77. The van der Waals surface area contributed by atoms with Gasteiger partial charge in [-0.1, -0.05) is 6.92 Å². The lowest BCUT2D eigenvalue weighted by atomic mass is 9.98. The van der Waals surface area contributed by atoms with Crippen LogP contribution in [0.1, 0.15) is 37.0 Å². The van der Waals surface area contributed by atoms with Gasteiger partial charge in [0.2, 0.25) is 0 Å². The molecule has 6 heteroatoms. The Morgan fingerprint density at radius 2 is 2.10 bits per heavy atom. The number of nitro groups is 1. The molecule has 0 saturated carbocycles. The monoisotopic (exact) mass is 291 g/mol. The summed E-state index contributed by atoms with van der Waals surface area (Å²) < 4.78 is 0. The zero-order chi connectivity index (χ0) is 15.4. The maximum absolute atomic E-state index is 12.6. The Bertz CT molecular complexity index is 537. The molecule has 1 aliphatic heterocycles. The minimum absolute atomic E-state index is 0.0506. The molecule has 114 valence electrons. The topological polar surface area (TPSA) is 75.5 Å².